The van der Waals surface area contributed by atoms with Gasteiger partial charge in [-0.3, -0.25) is 4.79 Å². The van der Waals surface area contributed by atoms with Gasteiger partial charge in [-0.1, -0.05) is 11.6 Å². The molecule has 0 spiro atoms. The minimum Gasteiger partial charge on any atom is -0.481 e. The van der Waals surface area contributed by atoms with Crippen LogP contribution >= 0.6 is 11.6 Å². The van der Waals surface area contributed by atoms with Crippen LogP contribution in [0, 0.1) is 0 Å². The monoisotopic (exact) mass is 362 g/mol. The standard InChI is InChI=1S/C17H19ClN4O3/c1-24-15-6-4-13(16(20-15)25-2)17(23)22-9-7-21(8-10-22)14-5-3-12(18)11-19-14/h3-6,11H,7-10H2,1-2H3. The molecule has 8 heteroatoms. The highest BCUT2D eigenvalue weighted by Gasteiger charge is 2.25. The first-order valence-electron chi connectivity index (χ1n) is 7.87. The number of methoxy groups -OCH3 is 2. The molecule has 3 heterocycles. The Bertz CT molecular complexity index is 746. The van der Waals surface area contributed by atoms with Gasteiger partial charge in [0, 0.05) is 38.4 Å². The highest BCUT2D eigenvalue weighted by molar-refractivity contribution is 6.30. The topological polar surface area (TPSA) is 67.8 Å². The van der Waals surface area contributed by atoms with Crippen molar-refractivity contribution in [1.29, 1.82) is 0 Å². The SMILES string of the molecule is COc1ccc(C(=O)N2CCN(c3ccc(Cl)cn3)CC2)c(OC)n1. The van der Waals surface area contributed by atoms with E-state index in [1.165, 1.54) is 14.2 Å². The number of anilines is 1. The summed E-state index contributed by atoms with van der Waals surface area (Å²) < 4.78 is 10.3. The van der Waals surface area contributed by atoms with Gasteiger partial charge in [-0.15, -0.1) is 0 Å². The number of nitrogens with zero attached hydrogens (tertiary/aromatic N) is 4. The van der Waals surface area contributed by atoms with Gasteiger partial charge in [0.2, 0.25) is 11.8 Å². The molecule has 0 bridgehead atoms. The third kappa shape index (κ3) is 3.76. The first-order valence-corrected chi connectivity index (χ1v) is 8.25. The second kappa shape index (κ2) is 7.57. The lowest BCUT2D eigenvalue weighted by molar-refractivity contribution is 0.0742. The van der Waals surface area contributed by atoms with Crippen LogP contribution in [0.3, 0.4) is 0 Å². The second-order valence-corrected chi connectivity index (χ2v) is 5.96. The van der Waals surface area contributed by atoms with Gasteiger partial charge < -0.3 is 19.3 Å². The normalized spacial score (nSPS) is 14.4. The van der Waals surface area contributed by atoms with Crippen LogP contribution in [0.25, 0.3) is 0 Å². The van der Waals surface area contributed by atoms with Crippen molar-refractivity contribution in [2.45, 2.75) is 0 Å². The molecule has 2 aromatic rings. The molecule has 25 heavy (non-hydrogen) atoms. The molecule has 1 aliphatic rings. The van der Waals surface area contributed by atoms with Crippen molar-refractivity contribution in [2.24, 2.45) is 0 Å². The van der Waals surface area contributed by atoms with Crippen LogP contribution < -0.4 is 14.4 Å². The van der Waals surface area contributed by atoms with Crippen molar-refractivity contribution in [2.75, 3.05) is 45.3 Å². The number of halogens is 1. The molecule has 1 amide bonds. The van der Waals surface area contributed by atoms with Crippen LogP contribution in [-0.2, 0) is 0 Å². The maximum atomic E-state index is 12.8. The van der Waals surface area contributed by atoms with Gasteiger partial charge in [0.25, 0.3) is 5.91 Å². The van der Waals surface area contributed by atoms with Gasteiger partial charge in [-0.05, 0) is 18.2 Å². The van der Waals surface area contributed by atoms with Gasteiger partial charge in [-0.25, -0.2) is 4.98 Å². The summed E-state index contributed by atoms with van der Waals surface area (Å²) in [6, 6.07) is 7.04. The number of carbonyl (C=O) groups is 1. The quantitative estimate of drug-likeness (QED) is 0.829. The molecule has 0 radical (unpaired) electrons. The molecule has 0 saturated carbocycles. The minimum atomic E-state index is -0.101. The van der Waals surface area contributed by atoms with Crippen LogP contribution in [0.2, 0.25) is 5.02 Å². The Hall–Kier alpha value is -2.54. The van der Waals surface area contributed by atoms with E-state index in [0.717, 1.165) is 5.82 Å². The number of amides is 1. The summed E-state index contributed by atoms with van der Waals surface area (Å²) in [5.74, 6) is 1.44. The van der Waals surface area contributed by atoms with Crippen molar-refractivity contribution < 1.29 is 14.3 Å². The predicted molar refractivity (Wildman–Crippen MR) is 94.7 cm³/mol. The second-order valence-electron chi connectivity index (χ2n) is 5.52. The van der Waals surface area contributed by atoms with Gasteiger partial charge in [0.15, 0.2) is 0 Å². The Kier molecular flexibility index (Phi) is 5.23. The third-order valence-electron chi connectivity index (χ3n) is 4.07. The molecule has 2 aromatic heterocycles. The van der Waals surface area contributed by atoms with Crippen molar-refractivity contribution in [3.63, 3.8) is 0 Å². The molecule has 1 fully saturated rings. The van der Waals surface area contributed by atoms with Crippen molar-refractivity contribution in [3.05, 3.63) is 41.0 Å². The van der Waals surface area contributed by atoms with E-state index in [1.807, 2.05) is 12.1 Å². The van der Waals surface area contributed by atoms with E-state index in [4.69, 9.17) is 21.1 Å². The van der Waals surface area contributed by atoms with E-state index in [1.54, 1.807) is 23.2 Å². The summed E-state index contributed by atoms with van der Waals surface area (Å²) in [6.45, 7) is 2.59. The molecule has 1 aliphatic heterocycles. The maximum absolute atomic E-state index is 12.8. The number of pyridine rings is 2. The number of hydrogen-bond donors (Lipinski definition) is 0. The highest BCUT2D eigenvalue weighted by atomic mass is 35.5. The van der Waals surface area contributed by atoms with E-state index in [9.17, 15) is 4.79 Å². The zero-order valence-corrected chi connectivity index (χ0v) is 14.9. The number of rotatable bonds is 4. The number of aromatic nitrogens is 2. The smallest absolute Gasteiger partial charge is 0.259 e. The number of carbonyl (C=O) groups excluding carboxylic acids is 1. The van der Waals surface area contributed by atoms with Crippen LogP contribution in [0.1, 0.15) is 10.4 Å². The summed E-state index contributed by atoms with van der Waals surface area (Å²) in [5, 5.41) is 0.608. The summed E-state index contributed by atoms with van der Waals surface area (Å²) >= 11 is 5.87. The average Bonchev–Trinajstić information content (AvgIpc) is 2.67. The van der Waals surface area contributed by atoms with E-state index in [0.29, 0.717) is 42.6 Å². The van der Waals surface area contributed by atoms with Gasteiger partial charge in [-0.2, -0.15) is 4.98 Å². The fourth-order valence-corrected chi connectivity index (χ4v) is 2.83. The minimum absolute atomic E-state index is 0.101. The Morgan fingerprint density at radius 3 is 2.44 bits per heavy atom. The van der Waals surface area contributed by atoms with Gasteiger partial charge in [0.1, 0.15) is 11.4 Å². The molecular formula is C17H19ClN4O3. The lowest BCUT2D eigenvalue weighted by atomic mass is 10.2. The number of hydrogen-bond acceptors (Lipinski definition) is 6. The van der Waals surface area contributed by atoms with E-state index in [2.05, 4.69) is 14.9 Å². The molecule has 1 saturated heterocycles. The van der Waals surface area contributed by atoms with E-state index >= 15 is 0 Å². The highest BCUT2D eigenvalue weighted by Crippen LogP contribution is 2.23. The molecular weight excluding hydrogens is 344 g/mol. The fraction of sp³-hybridized carbons (Fsp3) is 0.353. The predicted octanol–water partition coefficient (Wildman–Crippen LogP) is 2.11. The van der Waals surface area contributed by atoms with Gasteiger partial charge >= 0.3 is 0 Å². The summed E-state index contributed by atoms with van der Waals surface area (Å²) in [7, 11) is 3.01. The van der Waals surface area contributed by atoms with Crippen LogP contribution in [0.15, 0.2) is 30.5 Å². The molecule has 7 nitrogen and oxygen atoms in total. The van der Waals surface area contributed by atoms with Crippen LogP contribution in [0.5, 0.6) is 11.8 Å². The van der Waals surface area contributed by atoms with Crippen molar-refractivity contribution in [1.82, 2.24) is 14.9 Å². The Morgan fingerprint density at radius 2 is 1.84 bits per heavy atom. The molecule has 0 atom stereocenters. The van der Waals surface area contributed by atoms with E-state index in [-0.39, 0.29) is 11.8 Å². The zero-order chi connectivity index (χ0) is 17.8. The van der Waals surface area contributed by atoms with Crippen LogP contribution in [0.4, 0.5) is 5.82 Å². The van der Waals surface area contributed by atoms with E-state index < -0.39 is 0 Å². The first-order chi connectivity index (χ1) is 12.1. The lowest BCUT2D eigenvalue weighted by Gasteiger charge is -2.35. The lowest BCUT2D eigenvalue weighted by Crippen LogP contribution is -2.49. The molecule has 0 unspecified atom stereocenters. The molecule has 132 valence electrons. The average molecular weight is 363 g/mol. The number of ether oxygens (including phenoxy) is 2. The molecule has 0 aromatic carbocycles. The first kappa shape index (κ1) is 17.3. The maximum Gasteiger partial charge on any atom is 0.259 e. The third-order valence-corrected chi connectivity index (χ3v) is 4.29. The number of piperazine rings is 1. The fourth-order valence-electron chi connectivity index (χ4n) is 2.72. The summed E-state index contributed by atoms with van der Waals surface area (Å²) in [6.07, 6.45) is 1.63. The molecule has 0 aliphatic carbocycles. The van der Waals surface area contributed by atoms with Crippen molar-refractivity contribution >= 4 is 23.3 Å². The Morgan fingerprint density at radius 1 is 1.08 bits per heavy atom. The molecule has 0 N–H and O–H groups in total. The zero-order valence-electron chi connectivity index (χ0n) is 14.1. The van der Waals surface area contributed by atoms with Crippen molar-refractivity contribution in [3.8, 4) is 11.8 Å². The van der Waals surface area contributed by atoms with Gasteiger partial charge in [0.05, 0.1) is 19.2 Å². The van der Waals surface area contributed by atoms with Crippen LogP contribution in [-0.4, -0.2) is 61.2 Å². The molecule has 3 rings (SSSR count). The summed E-state index contributed by atoms with van der Waals surface area (Å²) in [4.78, 5) is 25.2. The largest absolute Gasteiger partial charge is 0.481 e. The Labute approximate surface area is 151 Å². The summed E-state index contributed by atoms with van der Waals surface area (Å²) in [5.41, 5.74) is 0.432. The Balaban J connectivity index is 1.68.